The number of rotatable bonds is 4. The topological polar surface area (TPSA) is 60.9 Å². The van der Waals surface area contributed by atoms with Crippen LogP contribution in [0, 0.1) is 0 Å². The molecule has 0 fully saturated rings. The van der Waals surface area contributed by atoms with E-state index in [1.807, 2.05) is 0 Å². The van der Waals surface area contributed by atoms with Crippen LogP contribution >= 0.6 is 11.6 Å². The second-order valence-electron chi connectivity index (χ2n) is 4.06. The maximum atomic E-state index is 12.2. The lowest BCUT2D eigenvalue weighted by Gasteiger charge is -2.01. The first-order chi connectivity index (χ1) is 8.61. The molecular weight excluding hydrogens is 250 g/mol. The standard InChI is InChI=1S/C13H14ClN3O/c1-2-5-17-8-10(7-16-17)13(18)9-3-4-12(15)11(14)6-9/h3-4,6-8H,2,5,15H2,1H3. The van der Waals surface area contributed by atoms with Crippen molar-refractivity contribution in [1.82, 2.24) is 9.78 Å². The van der Waals surface area contributed by atoms with Crippen molar-refractivity contribution >= 4 is 23.1 Å². The van der Waals surface area contributed by atoms with Crippen molar-refractivity contribution in [2.24, 2.45) is 0 Å². The van der Waals surface area contributed by atoms with Crippen LogP contribution in [0.4, 0.5) is 5.69 Å². The Bertz CT molecular complexity index is 577. The number of aromatic nitrogens is 2. The molecule has 0 aliphatic carbocycles. The fourth-order valence-electron chi connectivity index (χ4n) is 1.67. The van der Waals surface area contributed by atoms with Crippen LogP contribution in [0.2, 0.25) is 5.02 Å². The highest BCUT2D eigenvalue weighted by Gasteiger charge is 2.12. The highest BCUT2D eigenvalue weighted by molar-refractivity contribution is 6.33. The zero-order valence-corrected chi connectivity index (χ0v) is 10.8. The van der Waals surface area contributed by atoms with E-state index in [4.69, 9.17) is 17.3 Å². The van der Waals surface area contributed by atoms with Crippen molar-refractivity contribution in [2.45, 2.75) is 19.9 Å². The fourth-order valence-corrected chi connectivity index (χ4v) is 1.85. The molecule has 1 aromatic heterocycles. The first kappa shape index (κ1) is 12.6. The molecule has 0 spiro atoms. The summed E-state index contributed by atoms with van der Waals surface area (Å²) >= 11 is 5.90. The number of carbonyl (C=O) groups is 1. The summed E-state index contributed by atoms with van der Waals surface area (Å²) in [7, 11) is 0. The molecule has 0 aliphatic rings. The predicted octanol–water partition coefficient (Wildman–Crippen LogP) is 2.76. The molecule has 0 aliphatic heterocycles. The number of nitrogens with two attached hydrogens (primary N) is 1. The van der Waals surface area contributed by atoms with Gasteiger partial charge in [-0.25, -0.2) is 0 Å². The molecule has 94 valence electrons. The fraction of sp³-hybridized carbons (Fsp3) is 0.231. The van der Waals surface area contributed by atoms with E-state index in [0.717, 1.165) is 13.0 Å². The van der Waals surface area contributed by atoms with Gasteiger partial charge in [0.05, 0.1) is 22.5 Å². The first-order valence-electron chi connectivity index (χ1n) is 5.74. The summed E-state index contributed by atoms with van der Waals surface area (Å²) in [5, 5.41) is 4.52. The molecule has 5 heteroatoms. The normalized spacial score (nSPS) is 10.6. The van der Waals surface area contributed by atoms with E-state index in [1.54, 1.807) is 35.3 Å². The molecule has 2 aromatic rings. The summed E-state index contributed by atoms with van der Waals surface area (Å²) in [5.74, 6) is -0.0979. The summed E-state index contributed by atoms with van der Waals surface area (Å²) in [4.78, 5) is 12.2. The minimum absolute atomic E-state index is 0.0979. The lowest BCUT2D eigenvalue weighted by atomic mass is 10.1. The minimum atomic E-state index is -0.0979. The highest BCUT2D eigenvalue weighted by atomic mass is 35.5. The van der Waals surface area contributed by atoms with Gasteiger partial charge in [-0.15, -0.1) is 0 Å². The van der Waals surface area contributed by atoms with Crippen LogP contribution in [0.15, 0.2) is 30.6 Å². The first-order valence-corrected chi connectivity index (χ1v) is 6.11. The highest BCUT2D eigenvalue weighted by Crippen LogP contribution is 2.21. The summed E-state index contributed by atoms with van der Waals surface area (Å²) in [6.07, 6.45) is 4.29. The Hall–Kier alpha value is -1.81. The van der Waals surface area contributed by atoms with Gasteiger partial charge in [-0.05, 0) is 24.6 Å². The second kappa shape index (κ2) is 5.23. The number of hydrogen-bond acceptors (Lipinski definition) is 3. The Morgan fingerprint density at radius 1 is 1.44 bits per heavy atom. The van der Waals surface area contributed by atoms with E-state index >= 15 is 0 Å². The van der Waals surface area contributed by atoms with E-state index in [2.05, 4.69) is 12.0 Å². The number of ketones is 1. The van der Waals surface area contributed by atoms with Crippen LogP contribution < -0.4 is 5.73 Å². The van der Waals surface area contributed by atoms with Gasteiger partial charge in [0.2, 0.25) is 0 Å². The molecule has 0 amide bonds. The number of hydrogen-bond donors (Lipinski definition) is 1. The Balaban J connectivity index is 2.26. The van der Waals surface area contributed by atoms with E-state index in [-0.39, 0.29) is 5.78 Å². The van der Waals surface area contributed by atoms with E-state index in [0.29, 0.717) is 21.8 Å². The number of carbonyl (C=O) groups excluding carboxylic acids is 1. The lowest BCUT2D eigenvalue weighted by molar-refractivity contribution is 0.103. The van der Waals surface area contributed by atoms with Crippen LogP contribution in [0.5, 0.6) is 0 Å². The number of nitrogen functional groups attached to an aromatic ring is 1. The molecule has 0 bridgehead atoms. The van der Waals surface area contributed by atoms with Crippen molar-refractivity contribution in [1.29, 1.82) is 0 Å². The summed E-state index contributed by atoms with van der Waals surface area (Å²) in [6.45, 7) is 2.86. The van der Waals surface area contributed by atoms with Gasteiger partial charge in [-0.2, -0.15) is 5.10 Å². The van der Waals surface area contributed by atoms with Gasteiger partial charge >= 0.3 is 0 Å². The summed E-state index contributed by atoms with van der Waals surface area (Å²) < 4.78 is 1.76. The van der Waals surface area contributed by atoms with Crippen LogP contribution in [-0.2, 0) is 6.54 Å². The van der Waals surface area contributed by atoms with Crippen LogP contribution in [0.3, 0.4) is 0 Å². The smallest absolute Gasteiger partial charge is 0.196 e. The number of halogens is 1. The zero-order valence-electron chi connectivity index (χ0n) is 10.1. The van der Waals surface area contributed by atoms with Crippen molar-refractivity contribution in [2.75, 3.05) is 5.73 Å². The zero-order chi connectivity index (χ0) is 13.1. The van der Waals surface area contributed by atoms with Gasteiger partial charge in [-0.1, -0.05) is 18.5 Å². The Morgan fingerprint density at radius 2 is 2.22 bits per heavy atom. The SMILES string of the molecule is CCCn1cc(C(=O)c2ccc(N)c(Cl)c2)cn1. The molecule has 0 radical (unpaired) electrons. The third-order valence-electron chi connectivity index (χ3n) is 2.61. The second-order valence-corrected chi connectivity index (χ2v) is 4.46. The Kier molecular flexibility index (Phi) is 3.67. The maximum Gasteiger partial charge on any atom is 0.196 e. The minimum Gasteiger partial charge on any atom is -0.398 e. The molecular formula is C13H14ClN3O. The van der Waals surface area contributed by atoms with Gasteiger partial charge in [-0.3, -0.25) is 9.48 Å². The largest absolute Gasteiger partial charge is 0.398 e. The summed E-state index contributed by atoms with van der Waals surface area (Å²) in [5.41, 5.74) is 7.16. The van der Waals surface area contributed by atoms with Crippen molar-refractivity contribution in [3.63, 3.8) is 0 Å². The molecule has 1 aromatic carbocycles. The van der Waals surface area contributed by atoms with Crippen molar-refractivity contribution in [3.8, 4) is 0 Å². The molecule has 18 heavy (non-hydrogen) atoms. The van der Waals surface area contributed by atoms with E-state index in [9.17, 15) is 4.79 Å². The molecule has 0 unspecified atom stereocenters. The van der Waals surface area contributed by atoms with E-state index in [1.165, 1.54) is 0 Å². The van der Waals surface area contributed by atoms with Gasteiger partial charge in [0.15, 0.2) is 5.78 Å². The molecule has 1 heterocycles. The van der Waals surface area contributed by atoms with Crippen LogP contribution in [-0.4, -0.2) is 15.6 Å². The van der Waals surface area contributed by atoms with Gasteiger partial charge in [0.25, 0.3) is 0 Å². The predicted molar refractivity (Wildman–Crippen MR) is 71.8 cm³/mol. The molecule has 0 atom stereocenters. The number of anilines is 1. The third kappa shape index (κ3) is 2.54. The lowest BCUT2D eigenvalue weighted by Crippen LogP contribution is -2.01. The van der Waals surface area contributed by atoms with Crippen LogP contribution in [0.25, 0.3) is 0 Å². The van der Waals surface area contributed by atoms with E-state index < -0.39 is 0 Å². The monoisotopic (exact) mass is 263 g/mol. The Labute approximate surface area is 110 Å². The number of benzene rings is 1. The average Bonchev–Trinajstić information content (AvgIpc) is 2.81. The molecule has 2 rings (SSSR count). The van der Waals surface area contributed by atoms with Crippen molar-refractivity contribution < 1.29 is 4.79 Å². The third-order valence-corrected chi connectivity index (χ3v) is 2.94. The maximum absolute atomic E-state index is 12.2. The van der Waals surface area contributed by atoms with Crippen LogP contribution in [0.1, 0.15) is 29.3 Å². The number of aryl methyl sites for hydroxylation is 1. The van der Waals surface area contributed by atoms with Gasteiger partial charge in [0, 0.05) is 18.3 Å². The molecule has 0 saturated heterocycles. The van der Waals surface area contributed by atoms with Gasteiger partial charge in [0.1, 0.15) is 0 Å². The average molecular weight is 264 g/mol. The quantitative estimate of drug-likeness (QED) is 0.682. The summed E-state index contributed by atoms with van der Waals surface area (Å²) in [6, 6.07) is 4.88. The number of nitrogens with zero attached hydrogens (tertiary/aromatic N) is 2. The molecule has 0 saturated carbocycles. The van der Waals surface area contributed by atoms with Crippen molar-refractivity contribution in [3.05, 3.63) is 46.7 Å². The van der Waals surface area contributed by atoms with Gasteiger partial charge < -0.3 is 5.73 Å². The Morgan fingerprint density at radius 3 is 2.89 bits per heavy atom. The molecule has 4 nitrogen and oxygen atoms in total. The molecule has 2 N–H and O–H groups in total.